The zero-order valence-corrected chi connectivity index (χ0v) is 18.0. The van der Waals surface area contributed by atoms with Gasteiger partial charge in [0, 0.05) is 32.4 Å². The van der Waals surface area contributed by atoms with E-state index in [2.05, 4.69) is 30.0 Å². The van der Waals surface area contributed by atoms with Crippen LogP contribution >= 0.6 is 0 Å². The lowest BCUT2D eigenvalue weighted by atomic mass is 10.3. The van der Waals surface area contributed by atoms with Crippen LogP contribution in [0, 0.1) is 23.7 Å². The number of fused-ring (bicyclic) bond motifs is 1. The van der Waals surface area contributed by atoms with Crippen molar-refractivity contribution in [3.05, 3.63) is 30.3 Å². The van der Waals surface area contributed by atoms with Gasteiger partial charge in [0.25, 0.3) is 0 Å². The lowest BCUT2D eigenvalue weighted by Crippen LogP contribution is -2.25. The number of nitrogens with two attached hydrogens (primary N) is 1. The lowest BCUT2D eigenvalue weighted by molar-refractivity contribution is 0.108. The standard InChI is InChI=1S/C22H26N8O2/c1-29(14-5-3-2-4-6-14)21-25-18(24-20(23)27-21)19-26-22(32-28-19)30-9-15-16(10-30)17(15)12-31-11-13-7-8-13/h2-6,13,15-17H,7-12H2,1H3,(H2,23,24,25,27)/t15-,16+,17?. The van der Waals surface area contributed by atoms with Crippen LogP contribution in [-0.2, 0) is 4.74 Å². The van der Waals surface area contributed by atoms with Crippen LogP contribution in [-0.4, -0.2) is 58.4 Å². The molecule has 3 aliphatic rings. The number of aromatic nitrogens is 5. The summed E-state index contributed by atoms with van der Waals surface area (Å²) in [4.78, 5) is 21.5. The zero-order valence-electron chi connectivity index (χ0n) is 18.0. The Morgan fingerprint density at radius 1 is 1.03 bits per heavy atom. The van der Waals surface area contributed by atoms with Crippen molar-refractivity contribution < 1.29 is 9.26 Å². The zero-order chi connectivity index (χ0) is 21.7. The minimum absolute atomic E-state index is 0.107. The second-order valence-corrected chi connectivity index (χ2v) is 8.99. The average Bonchev–Trinajstić information content (AvgIpc) is 3.62. The monoisotopic (exact) mass is 434 g/mol. The van der Waals surface area contributed by atoms with Crippen LogP contribution < -0.4 is 15.5 Å². The van der Waals surface area contributed by atoms with Gasteiger partial charge in [-0.05, 0) is 48.6 Å². The van der Waals surface area contributed by atoms with Crippen molar-refractivity contribution in [1.29, 1.82) is 0 Å². The Hall–Kier alpha value is -3.27. The number of hydrogen-bond acceptors (Lipinski definition) is 10. The smallest absolute Gasteiger partial charge is 0.324 e. The third-order valence-corrected chi connectivity index (χ3v) is 6.70. The molecular formula is C22H26N8O2. The van der Waals surface area contributed by atoms with Crippen LogP contribution in [0.5, 0.6) is 0 Å². The summed E-state index contributed by atoms with van der Waals surface area (Å²) in [6.45, 7) is 3.66. The Morgan fingerprint density at radius 3 is 2.56 bits per heavy atom. The quantitative estimate of drug-likeness (QED) is 0.566. The second-order valence-electron chi connectivity index (χ2n) is 8.99. The van der Waals surface area contributed by atoms with E-state index in [9.17, 15) is 0 Å². The Morgan fingerprint density at radius 2 is 1.81 bits per heavy atom. The van der Waals surface area contributed by atoms with Crippen molar-refractivity contribution in [2.24, 2.45) is 23.7 Å². The van der Waals surface area contributed by atoms with Crippen molar-refractivity contribution in [3.63, 3.8) is 0 Å². The van der Waals surface area contributed by atoms with Gasteiger partial charge in [-0.3, -0.25) is 0 Å². The molecule has 2 aromatic heterocycles. The maximum absolute atomic E-state index is 5.95. The highest BCUT2D eigenvalue weighted by Gasteiger charge is 2.56. The molecule has 32 heavy (non-hydrogen) atoms. The summed E-state index contributed by atoms with van der Waals surface area (Å²) in [5.74, 6) is 3.93. The number of rotatable bonds is 8. The normalized spacial score (nSPS) is 23.9. The molecule has 10 nitrogen and oxygen atoms in total. The fourth-order valence-corrected chi connectivity index (χ4v) is 4.54. The molecule has 3 heterocycles. The number of benzene rings is 1. The molecule has 3 fully saturated rings. The van der Waals surface area contributed by atoms with Crippen LogP contribution in [0.3, 0.4) is 0 Å². The number of nitrogens with zero attached hydrogens (tertiary/aromatic N) is 7. The van der Waals surface area contributed by atoms with E-state index < -0.39 is 0 Å². The Balaban J connectivity index is 1.12. The van der Waals surface area contributed by atoms with Gasteiger partial charge in [-0.1, -0.05) is 23.4 Å². The maximum Gasteiger partial charge on any atom is 0.324 e. The highest BCUT2D eigenvalue weighted by molar-refractivity contribution is 5.59. The largest absolute Gasteiger partial charge is 0.381 e. The van der Waals surface area contributed by atoms with E-state index >= 15 is 0 Å². The minimum Gasteiger partial charge on any atom is -0.381 e. The summed E-state index contributed by atoms with van der Waals surface area (Å²) >= 11 is 0. The number of anilines is 4. The molecule has 2 N–H and O–H groups in total. The summed E-state index contributed by atoms with van der Waals surface area (Å²) in [5.41, 5.74) is 6.88. The van der Waals surface area contributed by atoms with E-state index in [4.69, 9.17) is 15.0 Å². The predicted molar refractivity (Wildman–Crippen MR) is 118 cm³/mol. The molecule has 0 spiro atoms. The van der Waals surface area contributed by atoms with Crippen LogP contribution in [0.1, 0.15) is 12.8 Å². The molecule has 1 unspecified atom stereocenters. The Labute approximate surface area is 185 Å². The first-order chi connectivity index (χ1) is 15.7. The highest BCUT2D eigenvalue weighted by Crippen LogP contribution is 2.52. The van der Waals surface area contributed by atoms with Crippen LogP contribution in [0.25, 0.3) is 11.6 Å². The van der Waals surface area contributed by atoms with E-state index in [1.165, 1.54) is 12.8 Å². The molecule has 1 aliphatic heterocycles. The number of hydrogen-bond donors (Lipinski definition) is 1. The van der Waals surface area contributed by atoms with E-state index in [0.717, 1.165) is 37.9 Å². The van der Waals surface area contributed by atoms with Crippen LogP contribution in [0.4, 0.5) is 23.6 Å². The summed E-state index contributed by atoms with van der Waals surface area (Å²) in [6.07, 6.45) is 2.67. The average molecular weight is 435 g/mol. The highest BCUT2D eigenvalue weighted by atomic mass is 16.5. The number of piperidine rings is 1. The van der Waals surface area contributed by atoms with Gasteiger partial charge in [-0.25, -0.2) is 0 Å². The van der Waals surface area contributed by atoms with Crippen molar-refractivity contribution >= 4 is 23.6 Å². The van der Waals surface area contributed by atoms with Gasteiger partial charge in [0.15, 0.2) is 0 Å². The number of ether oxygens (including phenoxy) is 1. The minimum atomic E-state index is 0.107. The molecule has 0 amide bonds. The molecular weight excluding hydrogens is 408 g/mol. The number of nitrogen functional groups attached to an aromatic ring is 1. The topological polar surface area (TPSA) is 119 Å². The summed E-state index contributed by atoms with van der Waals surface area (Å²) in [7, 11) is 1.87. The van der Waals surface area contributed by atoms with Crippen molar-refractivity contribution in [2.45, 2.75) is 12.8 Å². The molecule has 0 bridgehead atoms. The van der Waals surface area contributed by atoms with Gasteiger partial charge >= 0.3 is 6.01 Å². The first-order valence-corrected chi connectivity index (χ1v) is 11.1. The van der Waals surface area contributed by atoms with Gasteiger partial charge < -0.3 is 24.8 Å². The van der Waals surface area contributed by atoms with E-state index in [-0.39, 0.29) is 5.95 Å². The van der Waals surface area contributed by atoms with Gasteiger partial charge in [-0.2, -0.15) is 19.9 Å². The van der Waals surface area contributed by atoms with Gasteiger partial charge in [0.05, 0.1) is 6.61 Å². The predicted octanol–water partition coefficient (Wildman–Crippen LogP) is 2.38. The molecule has 166 valence electrons. The lowest BCUT2D eigenvalue weighted by Gasteiger charge is -2.17. The van der Waals surface area contributed by atoms with Gasteiger partial charge in [-0.15, -0.1) is 0 Å². The first-order valence-electron chi connectivity index (χ1n) is 11.1. The fraction of sp³-hybridized carbons (Fsp3) is 0.500. The summed E-state index contributed by atoms with van der Waals surface area (Å²) in [5, 5.41) is 4.10. The molecule has 2 aliphatic carbocycles. The third kappa shape index (κ3) is 3.75. The van der Waals surface area contributed by atoms with Crippen molar-refractivity contribution in [2.75, 3.05) is 48.9 Å². The van der Waals surface area contributed by atoms with Gasteiger partial charge in [0.1, 0.15) is 0 Å². The molecule has 10 heteroatoms. The van der Waals surface area contributed by atoms with Crippen LogP contribution in [0.2, 0.25) is 0 Å². The molecule has 6 rings (SSSR count). The van der Waals surface area contributed by atoms with Gasteiger partial charge in [0.2, 0.25) is 23.5 Å². The molecule has 1 aromatic carbocycles. The SMILES string of the molecule is CN(c1ccccc1)c1nc(N)nc(-c2noc(N3C[C@@H]4C(COCC5CC5)[C@@H]4C3)n2)n1. The summed E-state index contributed by atoms with van der Waals surface area (Å²) in [6, 6.07) is 10.3. The molecule has 2 saturated carbocycles. The third-order valence-electron chi connectivity index (χ3n) is 6.70. The first kappa shape index (κ1) is 19.4. The molecule has 3 aromatic rings. The molecule has 0 radical (unpaired) electrons. The Kier molecular flexibility index (Phi) is 4.67. The fourth-order valence-electron chi connectivity index (χ4n) is 4.54. The number of para-hydroxylation sites is 1. The molecule has 1 saturated heterocycles. The van der Waals surface area contributed by atoms with E-state index in [1.807, 2.05) is 42.3 Å². The second kappa shape index (κ2) is 7.70. The Bertz CT molecular complexity index is 1090. The van der Waals surface area contributed by atoms with E-state index in [0.29, 0.717) is 41.4 Å². The van der Waals surface area contributed by atoms with Crippen molar-refractivity contribution in [3.8, 4) is 11.6 Å². The van der Waals surface area contributed by atoms with E-state index in [1.54, 1.807) is 0 Å². The van der Waals surface area contributed by atoms with Crippen molar-refractivity contribution in [1.82, 2.24) is 25.1 Å². The maximum atomic E-state index is 5.95. The summed E-state index contributed by atoms with van der Waals surface area (Å²) < 4.78 is 11.4. The van der Waals surface area contributed by atoms with Crippen LogP contribution in [0.15, 0.2) is 34.9 Å². The molecule has 3 atom stereocenters.